The third kappa shape index (κ3) is 4.22. The maximum Gasteiger partial charge on any atom is 0.253 e. The third-order valence-corrected chi connectivity index (χ3v) is 5.40. The van der Waals surface area contributed by atoms with E-state index in [1.54, 1.807) is 0 Å². The Kier molecular flexibility index (Phi) is 5.51. The summed E-state index contributed by atoms with van der Waals surface area (Å²) in [5.41, 5.74) is 2.05. The van der Waals surface area contributed by atoms with Crippen molar-refractivity contribution >= 4 is 37.8 Å². The van der Waals surface area contributed by atoms with Crippen molar-refractivity contribution < 1.29 is 4.79 Å². The number of piperazine rings is 1. The largest absolute Gasteiger partial charge is 0.336 e. The van der Waals surface area contributed by atoms with Crippen molar-refractivity contribution in [3.8, 4) is 0 Å². The lowest BCUT2D eigenvalue weighted by atomic mass is 10.1. The maximum absolute atomic E-state index is 12.5. The van der Waals surface area contributed by atoms with Crippen LogP contribution in [-0.2, 0) is 6.54 Å². The van der Waals surface area contributed by atoms with Gasteiger partial charge in [-0.3, -0.25) is 9.69 Å². The van der Waals surface area contributed by atoms with Crippen LogP contribution in [0.1, 0.15) is 15.9 Å². The second-order valence-corrected chi connectivity index (χ2v) is 7.44. The van der Waals surface area contributed by atoms with Gasteiger partial charge in [0.1, 0.15) is 0 Å². The Morgan fingerprint density at radius 3 is 2.22 bits per heavy atom. The lowest BCUT2D eigenvalue weighted by Crippen LogP contribution is -2.48. The van der Waals surface area contributed by atoms with Gasteiger partial charge in [-0.05, 0) is 35.9 Å². The summed E-state index contributed by atoms with van der Waals surface area (Å²) in [5, 5.41) is 0. The Morgan fingerprint density at radius 1 is 0.913 bits per heavy atom. The van der Waals surface area contributed by atoms with E-state index in [4.69, 9.17) is 0 Å². The number of benzene rings is 2. The molecule has 3 rings (SSSR count). The number of nitrogens with zero attached hydrogens (tertiary/aromatic N) is 2. The van der Waals surface area contributed by atoms with Crippen LogP contribution >= 0.6 is 31.9 Å². The van der Waals surface area contributed by atoms with Gasteiger partial charge in [0.25, 0.3) is 5.91 Å². The molecule has 2 aromatic rings. The predicted molar refractivity (Wildman–Crippen MR) is 99.5 cm³/mol. The number of amides is 1. The second-order valence-electron chi connectivity index (χ2n) is 5.67. The van der Waals surface area contributed by atoms with Gasteiger partial charge in [0, 0.05) is 47.2 Å². The van der Waals surface area contributed by atoms with Crippen LogP contribution < -0.4 is 0 Å². The third-order valence-electron chi connectivity index (χ3n) is 4.10. The summed E-state index contributed by atoms with van der Waals surface area (Å²) >= 11 is 7.00. The number of carbonyl (C=O) groups is 1. The van der Waals surface area contributed by atoms with Crippen LogP contribution in [-0.4, -0.2) is 41.9 Å². The summed E-state index contributed by atoms with van der Waals surface area (Å²) in [7, 11) is 0. The molecular weight excluding hydrogens is 420 g/mol. The lowest BCUT2D eigenvalue weighted by Gasteiger charge is -2.35. The second kappa shape index (κ2) is 7.60. The topological polar surface area (TPSA) is 23.6 Å². The van der Waals surface area contributed by atoms with Gasteiger partial charge in [0.05, 0.1) is 0 Å². The van der Waals surface area contributed by atoms with E-state index < -0.39 is 0 Å². The molecule has 0 atom stereocenters. The van der Waals surface area contributed by atoms with Crippen LogP contribution in [0.5, 0.6) is 0 Å². The highest BCUT2D eigenvalue weighted by atomic mass is 79.9. The standard InChI is InChI=1S/C18H18Br2N2O/c19-16-7-5-14(6-8-16)18(23)22-11-9-21(10-12-22)13-15-3-1-2-4-17(15)20/h1-8H,9-13H2. The van der Waals surface area contributed by atoms with Gasteiger partial charge >= 0.3 is 0 Å². The van der Waals surface area contributed by atoms with Crippen LogP contribution in [0.4, 0.5) is 0 Å². The van der Waals surface area contributed by atoms with E-state index in [1.807, 2.05) is 35.2 Å². The van der Waals surface area contributed by atoms with Crippen molar-refractivity contribution in [2.45, 2.75) is 6.54 Å². The first-order valence-corrected chi connectivity index (χ1v) is 9.23. The van der Waals surface area contributed by atoms with Crippen molar-refractivity contribution in [1.82, 2.24) is 9.80 Å². The number of halogens is 2. The fourth-order valence-electron chi connectivity index (χ4n) is 2.75. The van der Waals surface area contributed by atoms with E-state index in [0.717, 1.165) is 47.2 Å². The van der Waals surface area contributed by atoms with Gasteiger partial charge in [-0.2, -0.15) is 0 Å². The molecule has 0 bridgehead atoms. The summed E-state index contributed by atoms with van der Waals surface area (Å²) in [6, 6.07) is 15.9. The van der Waals surface area contributed by atoms with E-state index in [0.29, 0.717) is 0 Å². The molecule has 120 valence electrons. The molecule has 0 aromatic heterocycles. The summed E-state index contributed by atoms with van der Waals surface area (Å²) in [4.78, 5) is 16.9. The van der Waals surface area contributed by atoms with E-state index in [2.05, 4.69) is 55.0 Å². The SMILES string of the molecule is O=C(c1ccc(Br)cc1)N1CCN(Cc2ccccc2Br)CC1. The lowest BCUT2D eigenvalue weighted by molar-refractivity contribution is 0.0628. The summed E-state index contributed by atoms with van der Waals surface area (Å²) in [6.45, 7) is 4.29. The van der Waals surface area contributed by atoms with Gasteiger partial charge in [0.15, 0.2) is 0 Å². The average molecular weight is 438 g/mol. The minimum atomic E-state index is 0.123. The highest BCUT2D eigenvalue weighted by Crippen LogP contribution is 2.19. The van der Waals surface area contributed by atoms with Gasteiger partial charge in [-0.1, -0.05) is 50.1 Å². The smallest absolute Gasteiger partial charge is 0.253 e. The molecule has 3 nitrogen and oxygen atoms in total. The monoisotopic (exact) mass is 436 g/mol. The van der Waals surface area contributed by atoms with Crippen LogP contribution in [0.2, 0.25) is 0 Å². The van der Waals surface area contributed by atoms with E-state index in [9.17, 15) is 4.79 Å². The molecule has 0 N–H and O–H groups in total. The summed E-state index contributed by atoms with van der Waals surface area (Å²) < 4.78 is 2.14. The molecule has 1 fully saturated rings. The molecule has 1 amide bonds. The molecule has 1 aliphatic heterocycles. The molecule has 5 heteroatoms. The van der Waals surface area contributed by atoms with Gasteiger partial charge in [-0.25, -0.2) is 0 Å². The first-order valence-electron chi connectivity index (χ1n) is 7.64. The normalized spacial score (nSPS) is 15.7. The van der Waals surface area contributed by atoms with Crippen molar-refractivity contribution in [2.75, 3.05) is 26.2 Å². The fraction of sp³-hybridized carbons (Fsp3) is 0.278. The molecule has 1 aliphatic rings. The minimum absolute atomic E-state index is 0.123. The Balaban J connectivity index is 1.57. The van der Waals surface area contributed by atoms with Gasteiger partial charge < -0.3 is 4.90 Å². The Morgan fingerprint density at radius 2 is 1.57 bits per heavy atom. The molecule has 1 heterocycles. The van der Waals surface area contributed by atoms with Crippen LogP contribution in [0.3, 0.4) is 0 Å². The number of hydrogen-bond acceptors (Lipinski definition) is 2. The minimum Gasteiger partial charge on any atom is -0.336 e. The molecule has 2 aromatic carbocycles. The highest BCUT2D eigenvalue weighted by Gasteiger charge is 2.22. The molecule has 0 spiro atoms. The van der Waals surface area contributed by atoms with Crippen molar-refractivity contribution in [1.29, 1.82) is 0 Å². The number of rotatable bonds is 3. The van der Waals surface area contributed by atoms with Gasteiger partial charge in [0.2, 0.25) is 0 Å². The maximum atomic E-state index is 12.5. The summed E-state index contributed by atoms with van der Waals surface area (Å²) in [5.74, 6) is 0.123. The Labute approximate surface area is 153 Å². The zero-order valence-corrected chi connectivity index (χ0v) is 15.9. The van der Waals surface area contributed by atoms with E-state index in [-0.39, 0.29) is 5.91 Å². The zero-order chi connectivity index (χ0) is 16.2. The van der Waals surface area contributed by atoms with Crippen LogP contribution in [0.25, 0.3) is 0 Å². The van der Waals surface area contributed by atoms with Crippen LogP contribution in [0.15, 0.2) is 57.5 Å². The van der Waals surface area contributed by atoms with E-state index in [1.165, 1.54) is 5.56 Å². The first-order chi connectivity index (χ1) is 11.1. The molecule has 0 saturated carbocycles. The molecule has 0 radical (unpaired) electrons. The zero-order valence-electron chi connectivity index (χ0n) is 12.7. The molecule has 0 aliphatic carbocycles. The van der Waals surface area contributed by atoms with Crippen LogP contribution in [0, 0.1) is 0 Å². The van der Waals surface area contributed by atoms with Crippen molar-refractivity contribution in [2.24, 2.45) is 0 Å². The molecule has 0 unspecified atom stereocenters. The van der Waals surface area contributed by atoms with Gasteiger partial charge in [-0.15, -0.1) is 0 Å². The van der Waals surface area contributed by atoms with E-state index >= 15 is 0 Å². The number of hydrogen-bond donors (Lipinski definition) is 0. The first kappa shape index (κ1) is 16.7. The Hall–Kier alpha value is -1.17. The molecule has 1 saturated heterocycles. The molecular formula is C18H18Br2N2O. The molecule has 23 heavy (non-hydrogen) atoms. The average Bonchev–Trinajstić information content (AvgIpc) is 2.58. The fourth-order valence-corrected chi connectivity index (χ4v) is 3.43. The number of carbonyl (C=O) groups excluding carboxylic acids is 1. The van der Waals surface area contributed by atoms with Crippen molar-refractivity contribution in [3.05, 3.63) is 68.6 Å². The Bertz CT molecular complexity index is 680. The van der Waals surface area contributed by atoms with Crippen molar-refractivity contribution in [3.63, 3.8) is 0 Å². The quantitative estimate of drug-likeness (QED) is 0.719. The predicted octanol–water partition coefficient (Wildman–Crippen LogP) is 4.17. The highest BCUT2D eigenvalue weighted by molar-refractivity contribution is 9.10. The summed E-state index contributed by atoms with van der Waals surface area (Å²) in [6.07, 6.45) is 0.